The van der Waals surface area contributed by atoms with E-state index in [0.29, 0.717) is 53.1 Å². The number of imide groups is 2. The Kier molecular flexibility index (Phi) is 9.52. The Bertz CT molecular complexity index is 2210. The topological polar surface area (TPSA) is 181 Å². The maximum atomic E-state index is 15.5. The van der Waals surface area contributed by atoms with Gasteiger partial charge in [0.15, 0.2) is 11.5 Å². The second kappa shape index (κ2) is 14.7. The molecule has 4 saturated heterocycles. The number of hydrogen-bond acceptors (Lipinski definition) is 12. The van der Waals surface area contributed by atoms with Crippen molar-refractivity contribution in [2.45, 2.75) is 62.8 Å². The van der Waals surface area contributed by atoms with Gasteiger partial charge in [-0.05, 0) is 80.3 Å². The fraction of sp³-hybridized carbons (Fsp3) is 0.450. The molecule has 1 saturated carbocycles. The van der Waals surface area contributed by atoms with E-state index in [2.05, 4.69) is 30.6 Å². The van der Waals surface area contributed by atoms with Crippen LogP contribution in [0.2, 0.25) is 5.02 Å². The summed E-state index contributed by atoms with van der Waals surface area (Å²) in [6.07, 6.45) is 3.12. The van der Waals surface area contributed by atoms with Crippen molar-refractivity contribution in [3.63, 3.8) is 0 Å². The van der Waals surface area contributed by atoms with Crippen LogP contribution in [0.4, 0.5) is 15.9 Å². The smallest absolute Gasteiger partial charge is 0.272 e. The van der Waals surface area contributed by atoms with Crippen molar-refractivity contribution in [3.8, 4) is 11.8 Å². The van der Waals surface area contributed by atoms with Gasteiger partial charge in [0.2, 0.25) is 11.8 Å². The third kappa shape index (κ3) is 6.92. The molecule has 9 rings (SSSR count). The van der Waals surface area contributed by atoms with Crippen molar-refractivity contribution in [1.82, 2.24) is 30.6 Å². The van der Waals surface area contributed by atoms with Crippen molar-refractivity contribution >= 4 is 52.6 Å². The standard InChI is InChI=1S/C40H39ClFN9O6/c41-30-11-27(4-1-21(30)14-43)57-26-5-2-24(3-6-26)44-37(53)32-7-9-35(47-46-32)50-19-25(20-50)48-15-22-17-49(18-23(22)16-48)34-13-29-28(12-31(34)42)39(55)51(40(29)56)33-8-10-36(52)45-38(33)54/h1,4,7,9,11-13,22-26,33H,2-3,5-6,8,10,15-20H2,(H,44,53)(H,45,52,54)/t22?,23?,24-,26-,33?. The molecule has 294 valence electrons. The molecule has 3 atom stereocenters. The lowest BCUT2D eigenvalue weighted by Gasteiger charge is -2.45. The van der Waals surface area contributed by atoms with Gasteiger partial charge in [0.25, 0.3) is 17.7 Å². The fourth-order valence-corrected chi connectivity index (χ4v) is 9.38. The molecule has 57 heavy (non-hydrogen) atoms. The highest BCUT2D eigenvalue weighted by Gasteiger charge is 2.48. The van der Waals surface area contributed by atoms with Crippen molar-refractivity contribution < 1.29 is 33.1 Å². The molecule has 5 amide bonds. The van der Waals surface area contributed by atoms with Gasteiger partial charge in [0.05, 0.1) is 33.5 Å². The fourth-order valence-electron chi connectivity index (χ4n) is 9.17. The van der Waals surface area contributed by atoms with Crippen LogP contribution in [0.15, 0.2) is 42.5 Å². The van der Waals surface area contributed by atoms with Crippen molar-refractivity contribution in [2.24, 2.45) is 11.8 Å². The Morgan fingerprint density at radius 1 is 0.877 bits per heavy atom. The molecule has 1 aromatic heterocycles. The molecule has 2 aromatic carbocycles. The molecular formula is C40H39ClFN9O6. The minimum atomic E-state index is -1.10. The molecule has 6 heterocycles. The minimum absolute atomic E-state index is 0.00142. The first-order valence-electron chi connectivity index (χ1n) is 19.3. The molecule has 1 aliphatic carbocycles. The number of aromatic nitrogens is 2. The van der Waals surface area contributed by atoms with Crippen molar-refractivity contribution in [1.29, 1.82) is 5.26 Å². The van der Waals surface area contributed by atoms with Gasteiger partial charge in [-0.15, -0.1) is 10.2 Å². The van der Waals surface area contributed by atoms with Gasteiger partial charge in [0, 0.05) is 63.8 Å². The number of hydrogen-bond donors (Lipinski definition) is 2. The normalized spacial score (nSPS) is 26.2. The number of ether oxygens (including phenoxy) is 1. The Balaban J connectivity index is 0.730. The van der Waals surface area contributed by atoms with Crippen molar-refractivity contribution in [3.05, 3.63) is 75.7 Å². The van der Waals surface area contributed by atoms with E-state index >= 15 is 4.39 Å². The summed E-state index contributed by atoms with van der Waals surface area (Å²) in [5.41, 5.74) is 0.948. The zero-order valence-corrected chi connectivity index (χ0v) is 31.6. The Hall–Kier alpha value is -5.66. The molecule has 5 aliphatic heterocycles. The highest BCUT2D eigenvalue weighted by Crippen LogP contribution is 2.39. The molecule has 17 heteroatoms. The average Bonchev–Trinajstić information content (AvgIpc) is 3.82. The summed E-state index contributed by atoms with van der Waals surface area (Å²) in [7, 11) is 0. The van der Waals surface area contributed by atoms with Crippen LogP contribution < -0.4 is 25.2 Å². The summed E-state index contributed by atoms with van der Waals surface area (Å²) in [4.78, 5) is 70.9. The van der Waals surface area contributed by atoms with E-state index in [1.165, 1.54) is 6.07 Å². The van der Waals surface area contributed by atoms with Gasteiger partial charge in [-0.25, -0.2) is 4.39 Å². The highest BCUT2D eigenvalue weighted by molar-refractivity contribution is 6.31. The summed E-state index contributed by atoms with van der Waals surface area (Å²) in [6, 6.07) is 12.4. The number of benzene rings is 2. The summed E-state index contributed by atoms with van der Waals surface area (Å²) in [5.74, 6) is -1.42. The van der Waals surface area contributed by atoms with Crippen molar-refractivity contribution in [2.75, 3.05) is 49.1 Å². The molecule has 0 bridgehead atoms. The van der Waals surface area contributed by atoms with Gasteiger partial charge in [-0.3, -0.25) is 39.1 Å². The average molecular weight is 796 g/mol. The number of nitrogens with zero attached hydrogens (tertiary/aromatic N) is 7. The van der Waals surface area contributed by atoms with E-state index < -0.39 is 35.5 Å². The van der Waals surface area contributed by atoms with Gasteiger partial charge < -0.3 is 19.9 Å². The third-order valence-electron chi connectivity index (χ3n) is 12.3. The first kappa shape index (κ1) is 36.9. The summed E-state index contributed by atoms with van der Waals surface area (Å²) >= 11 is 6.14. The van der Waals surface area contributed by atoms with Crippen LogP contribution in [0.1, 0.15) is 75.3 Å². The van der Waals surface area contributed by atoms with E-state index in [9.17, 15) is 24.0 Å². The number of piperidine rings is 1. The lowest BCUT2D eigenvalue weighted by atomic mass is 9.93. The number of rotatable bonds is 8. The summed E-state index contributed by atoms with van der Waals surface area (Å²) in [5, 5.41) is 23.3. The van der Waals surface area contributed by atoms with E-state index in [4.69, 9.17) is 21.6 Å². The van der Waals surface area contributed by atoms with Gasteiger partial charge in [-0.1, -0.05) is 11.6 Å². The second-order valence-electron chi connectivity index (χ2n) is 15.8. The van der Waals surface area contributed by atoms with Crippen LogP contribution in [-0.2, 0) is 9.59 Å². The molecule has 0 radical (unpaired) electrons. The summed E-state index contributed by atoms with van der Waals surface area (Å²) in [6.45, 7) is 4.51. The highest BCUT2D eigenvalue weighted by atomic mass is 35.5. The lowest BCUT2D eigenvalue weighted by Crippen LogP contribution is -2.59. The molecule has 15 nitrogen and oxygen atoms in total. The number of likely N-dealkylation sites (tertiary alicyclic amines) is 1. The zero-order chi connectivity index (χ0) is 39.5. The van der Waals surface area contributed by atoms with E-state index in [0.717, 1.165) is 62.8 Å². The van der Waals surface area contributed by atoms with E-state index in [-0.39, 0.29) is 53.4 Å². The van der Waals surface area contributed by atoms with Crippen LogP contribution >= 0.6 is 11.6 Å². The largest absolute Gasteiger partial charge is 0.490 e. The number of nitrogens with one attached hydrogen (secondary N) is 2. The number of carbonyl (C=O) groups is 5. The maximum absolute atomic E-state index is 15.5. The molecule has 3 aromatic rings. The predicted molar refractivity (Wildman–Crippen MR) is 202 cm³/mol. The molecule has 0 spiro atoms. The lowest BCUT2D eigenvalue weighted by molar-refractivity contribution is -0.136. The molecule has 5 fully saturated rings. The Morgan fingerprint density at radius 3 is 2.25 bits per heavy atom. The monoisotopic (exact) mass is 795 g/mol. The van der Waals surface area contributed by atoms with Gasteiger partial charge >= 0.3 is 0 Å². The zero-order valence-electron chi connectivity index (χ0n) is 30.8. The second-order valence-corrected chi connectivity index (χ2v) is 16.2. The Labute approximate surface area is 332 Å². The summed E-state index contributed by atoms with van der Waals surface area (Å²) < 4.78 is 21.6. The minimum Gasteiger partial charge on any atom is -0.490 e. The van der Waals surface area contributed by atoms with Crippen LogP contribution in [0, 0.1) is 29.0 Å². The first-order valence-corrected chi connectivity index (χ1v) is 19.7. The van der Waals surface area contributed by atoms with Crippen LogP contribution in [0.3, 0.4) is 0 Å². The SMILES string of the molecule is N#Cc1ccc(O[C@H]2CC[C@H](NC(=O)c3ccc(N4CC(N5CC6CN(c7cc8c(cc7F)C(=O)N(C7CCC(=O)NC7=O)C8=O)CC6C5)C4)nn3)CC2)cc1Cl. The van der Waals surface area contributed by atoms with Gasteiger partial charge in [-0.2, -0.15) is 5.26 Å². The van der Waals surface area contributed by atoms with E-state index in [1.54, 1.807) is 24.3 Å². The van der Waals surface area contributed by atoms with Gasteiger partial charge in [0.1, 0.15) is 23.7 Å². The first-order chi connectivity index (χ1) is 27.5. The number of halogens is 2. The number of nitriles is 1. The van der Waals surface area contributed by atoms with Crippen LogP contribution in [0.5, 0.6) is 5.75 Å². The molecule has 3 unspecified atom stereocenters. The predicted octanol–water partition coefficient (Wildman–Crippen LogP) is 2.92. The molecule has 6 aliphatic rings. The molecule has 2 N–H and O–H groups in total. The third-order valence-corrected chi connectivity index (χ3v) is 12.6. The van der Waals surface area contributed by atoms with Crippen LogP contribution in [0.25, 0.3) is 0 Å². The maximum Gasteiger partial charge on any atom is 0.272 e. The number of fused-ring (bicyclic) bond motifs is 2. The van der Waals surface area contributed by atoms with Crippen LogP contribution in [-0.4, -0.2) is 113 Å². The quantitative estimate of drug-likeness (QED) is 0.319. The molecular weight excluding hydrogens is 757 g/mol. The van der Waals surface area contributed by atoms with E-state index in [1.807, 2.05) is 17.0 Å². The number of carbonyl (C=O) groups excluding carboxylic acids is 5. The number of anilines is 2. The number of amides is 5. The Morgan fingerprint density at radius 2 is 1.60 bits per heavy atom.